The highest BCUT2D eigenvalue weighted by atomic mass is 32.2. The van der Waals surface area contributed by atoms with Gasteiger partial charge in [-0.05, 0) is 56.4 Å². The van der Waals surface area contributed by atoms with Crippen LogP contribution in [0.25, 0.3) is 0 Å². The van der Waals surface area contributed by atoms with E-state index in [-0.39, 0.29) is 24.8 Å². The maximum Gasteiger partial charge on any atom is 0.244 e. The van der Waals surface area contributed by atoms with E-state index in [0.717, 1.165) is 32.8 Å². The maximum atomic E-state index is 14.3. The molecule has 8 heteroatoms. The Balaban J connectivity index is 2.11. The number of aryl methyl sites for hydroxylation is 1. The number of carbonyl (C=O) groups is 2. The lowest BCUT2D eigenvalue weighted by molar-refractivity contribution is -0.140. The zero-order valence-corrected chi connectivity index (χ0v) is 26.0. The number of anilines is 1. The average Bonchev–Trinajstić information content (AvgIpc) is 2.88. The predicted molar refractivity (Wildman–Crippen MR) is 166 cm³/mol. The predicted octanol–water partition coefficient (Wildman–Crippen LogP) is 5.44. The minimum Gasteiger partial charge on any atom is -0.350 e. The van der Waals surface area contributed by atoms with Crippen molar-refractivity contribution < 1.29 is 18.0 Å². The molecule has 0 fully saturated rings. The molecule has 0 bridgehead atoms. The van der Waals surface area contributed by atoms with E-state index in [0.29, 0.717) is 5.69 Å². The van der Waals surface area contributed by atoms with Gasteiger partial charge in [-0.25, -0.2) is 8.42 Å². The molecule has 0 spiro atoms. The van der Waals surface area contributed by atoms with Gasteiger partial charge in [0, 0.05) is 18.5 Å². The summed E-state index contributed by atoms with van der Waals surface area (Å²) in [5.74, 6) is -0.714. The molecule has 220 valence electrons. The quantitative estimate of drug-likeness (QED) is 0.329. The molecule has 0 radical (unpaired) electrons. The highest BCUT2D eigenvalue weighted by Gasteiger charge is 2.34. The van der Waals surface area contributed by atoms with Gasteiger partial charge in [-0.2, -0.15) is 0 Å². The summed E-state index contributed by atoms with van der Waals surface area (Å²) in [4.78, 5) is 29.6. The second-order valence-corrected chi connectivity index (χ2v) is 13.8. The zero-order chi connectivity index (χ0) is 30.4. The summed E-state index contributed by atoms with van der Waals surface area (Å²) in [5, 5.41) is 3.05. The first kappa shape index (κ1) is 31.9. The molecule has 0 aliphatic carbocycles. The largest absolute Gasteiger partial charge is 0.350 e. The molecule has 3 aromatic rings. The molecule has 0 saturated heterocycles. The Morgan fingerprint density at radius 1 is 0.878 bits per heavy atom. The SMILES string of the molecule is Cc1cccc(CN(C(=O)CN(c2ccccc2C(C)C)S(C)(=O)=O)[C@H](Cc2ccccc2)C(=O)NC(C)(C)C)c1. The fourth-order valence-electron chi connectivity index (χ4n) is 4.81. The van der Waals surface area contributed by atoms with Crippen LogP contribution in [-0.4, -0.2) is 49.5 Å². The van der Waals surface area contributed by atoms with Crippen molar-refractivity contribution in [3.63, 3.8) is 0 Å². The normalized spacial score (nSPS) is 12.6. The van der Waals surface area contributed by atoms with Crippen LogP contribution in [0.1, 0.15) is 62.8 Å². The molecule has 1 atom stereocenters. The number of hydrogen-bond acceptors (Lipinski definition) is 4. The number of benzene rings is 3. The van der Waals surface area contributed by atoms with E-state index in [9.17, 15) is 18.0 Å². The molecule has 0 heterocycles. The lowest BCUT2D eigenvalue weighted by atomic mass is 10.00. The van der Waals surface area contributed by atoms with Crippen molar-refractivity contribution in [2.75, 3.05) is 17.1 Å². The van der Waals surface area contributed by atoms with Gasteiger partial charge in [0.2, 0.25) is 21.8 Å². The first-order chi connectivity index (χ1) is 19.2. The topological polar surface area (TPSA) is 86.8 Å². The second-order valence-electron chi connectivity index (χ2n) is 11.9. The van der Waals surface area contributed by atoms with Crippen molar-refractivity contribution in [1.82, 2.24) is 10.2 Å². The van der Waals surface area contributed by atoms with Crippen molar-refractivity contribution in [2.24, 2.45) is 0 Å². The lowest BCUT2D eigenvalue weighted by Crippen LogP contribution is -2.56. The van der Waals surface area contributed by atoms with Crippen LogP contribution < -0.4 is 9.62 Å². The van der Waals surface area contributed by atoms with Gasteiger partial charge in [0.25, 0.3) is 0 Å². The first-order valence-corrected chi connectivity index (χ1v) is 15.8. The number of nitrogens with one attached hydrogen (secondary N) is 1. The van der Waals surface area contributed by atoms with Gasteiger partial charge in [0.05, 0.1) is 11.9 Å². The van der Waals surface area contributed by atoms with Crippen LogP contribution in [-0.2, 0) is 32.6 Å². The number of sulfonamides is 1. The Labute approximate surface area is 245 Å². The fourth-order valence-corrected chi connectivity index (χ4v) is 5.68. The van der Waals surface area contributed by atoms with Crippen molar-refractivity contribution in [2.45, 2.75) is 72.0 Å². The van der Waals surface area contributed by atoms with Crippen molar-refractivity contribution >= 4 is 27.5 Å². The van der Waals surface area contributed by atoms with Gasteiger partial charge in [-0.15, -0.1) is 0 Å². The Kier molecular flexibility index (Phi) is 10.4. The van der Waals surface area contributed by atoms with Gasteiger partial charge in [-0.1, -0.05) is 92.2 Å². The molecule has 41 heavy (non-hydrogen) atoms. The summed E-state index contributed by atoms with van der Waals surface area (Å²) in [6, 6.07) is 23.7. The third-order valence-electron chi connectivity index (χ3n) is 6.71. The molecule has 3 rings (SSSR count). The number of carbonyl (C=O) groups excluding carboxylic acids is 2. The highest BCUT2D eigenvalue weighted by Crippen LogP contribution is 2.29. The van der Waals surface area contributed by atoms with Gasteiger partial charge < -0.3 is 10.2 Å². The molecular weight excluding hydrogens is 534 g/mol. The van der Waals surface area contributed by atoms with E-state index in [1.54, 1.807) is 12.1 Å². The van der Waals surface area contributed by atoms with E-state index in [1.807, 2.05) is 108 Å². The summed E-state index contributed by atoms with van der Waals surface area (Å²) in [5.41, 5.74) is 3.54. The maximum absolute atomic E-state index is 14.3. The van der Waals surface area contributed by atoms with Crippen LogP contribution in [0.2, 0.25) is 0 Å². The minimum absolute atomic E-state index is 0.0392. The van der Waals surface area contributed by atoms with Gasteiger partial charge in [-0.3, -0.25) is 13.9 Å². The van der Waals surface area contributed by atoms with Crippen molar-refractivity contribution in [1.29, 1.82) is 0 Å². The molecule has 0 unspecified atom stereocenters. The van der Waals surface area contributed by atoms with E-state index >= 15 is 0 Å². The van der Waals surface area contributed by atoms with E-state index in [4.69, 9.17) is 0 Å². The van der Waals surface area contributed by atoms with Gasteiger partial charge in [0.1, 0.15) is 12.6 Å². The third-order valence-corrected chi connectivity index (χ3v) is 7.84. The van der Waals surface area contributed by atoms with Gasteiger partial charge in [0.15, 0.2) is 0 Å². The van der Waals surface area contributed by atoms with E-state index in [1.165, 1.54) is 4.90 Å². The molecule has 0 saturated carbocycles. The second kappa shape index (κ2) is 13.3. The summed E-state index contributed by atoms with van der Waals surface area (Å²) in [6.07, 6.45) is 1.39. The number of nitrogens with zero attached hydrogens (tertiary/aromatic N) is 2. The molecule has 7 nitrogen and oxygen atoms in total. The summed E-state index contributed by atoms with van der Waals surface area (Å²) < 4.78 is 27.4. The van der Waals surface area contributed by atoms with E-state index in [2.05, 4.69) is 5.32 Å². The van der Waals surface area contributed by atoms with E-state index < -0.39 is 34.1 Å². The number of hydrogen-bond donors (Lipinski definition) is 1. The smallest absolute Gasteiger partial charge is 0.244 e. The monoisotopic (exact) mass is 577 g/mol. The minimum atomic E-state index is -3.83. The zero-order valence-electron chi connectivity index (χ0n) is 25.2. The standard InChI is InChI=1S/C33H43N3O4S/c1-24(2)28-18-11-12-19-29(28)36(41(7,39)40)23-31(37)35(22-27-17-13-14-25(3)20-27)30(32(38)34-33(4,5)6)21-26-15-9-8-10-16-26/h8-20,24,30H,21-23H2,1-7H3,(H,34,38)/t30-/m1/s1. The van der Waals surface area contributed by atoms with Crippen LogP contribution in [0.15, 0.2) is 78.9 Å². The van der Waals surface area contributed by atoms with Crippen LogP contribution in [0, 0.1) is 6.92 Å². The molecule has 1 N–H and O–H groups in total. The number of amides is 2. The summed E-state index contributed by atoms with van der Waals surface area (Å²) in [7, 11) is -3.83. The average molecular weight is 578 g/mol. The lowest BCUT2D eigenvalue weighted by Gasteiger charge is -2.35. The first-order valence-electron chi connectivity index (χ1n) is 13.9. The van der Waals surface area contributed by atoms with Crippen LogP contribution in [0.4, 0.5) is 5.69 Å². The molecule has 0 aliphatic rings. The molecule has 0 aromatic heterocycles. The highest BCUT2D eigenvalue weighted by molar-refractivity contribution is 7.92. The van der Waals surface area contributed by atoms with Crippen LogP contribution in [0.3, 0.4) is 0 Å². The van der Waals surface area contributed by atoms with Crippen LogP contribution >= 0.6 is 0 Å². The Morgan fingerprint density at radius 2 is 1.49 bits per heavy atom. The Morgan fingerprint density at radius 3 is 2.07 bits per heavy atom. The number of rotatable bonds is 11. The third kappa shape index (κ3) is 9.18. The Hall–Kier alpha value is -3.65. The summed E-state index contributed by atoms with van der Waals surface area (Å²) in [6.45, 7) is 11.3. The molecular formula is C33H43N3O4S. The van der Waals surface area contributed by atoms with Crippen molar-refractivity contribution in [3.05, 3.63) is 101 Å². The molecule has 2 amide bonds. The van der Waals surface area contributed by atoms with Gasteiger partial charge >= 0.3 is 0 Å². The summed E-state index contributed by atoms with van der Waals surface area (Å²) >= 11 is 0. The Bertz CT molecular complexity index is 1450. The molecule has 3 aromatic carbocycles. The molecule has 0 aliphatic heterocycles. The van der Waals surface area contributed by atoms with Crippen molar-refractivity contribution in [3.8, 4) is 0 Å². The fraction of sp³-hybridized carbons (Fsp3) is 0.394. The number of para-hydroxylation sites is 1. The van der Waals surface area contributed by atoms with Crippen LogP contribution in [0.5, 0.6) is 0 Å².